The molecule has 1 N–H and O–H groups in total. The van der Waals surface area contributed by atoms with Crippen molar-refractivity contribution in [1.82, 2.24) is 4.98 Å². The normalized spacial score (nSPS) is 11.0. The predicted molar refractivity (Wildman–Crippen MR) is 135 cm³/mol. The van der Waals surface area contributed by atoms with Crippen molar-refractivity contribution in [2.45, 2.75) is 25.7 Å². The van der Waals surface area contributed by atoms with Crippen LogP contribution in [-0.4, -0.2) is 63.2 Å². The third kappa shape index (κ3) is 8.32. The second-order valence-corrected chi connectivity index (χ2v) is 8.31. The number of benzene rings is 2. The summed E-state index contributed by atoms with van der Waals surface area (Å²) in [6, 6.07) is 18.5. The predicted octanol–water partition coefficient (Wildman–Crippen LogP) is 5.02. The Hall–Kier alpha value is -3.16. The fourth-order valence-electron chi connectivity index (χ4n) is 3.48. The number of pyridine rings is 1. The first-order valence-electron chi connectivity index (χ1n) is 11.7. The number of aromatic nitrogens is 1. The Kier molecular flexibility index (Phi) is 10.1. The van der Waals surface area contributed by atoms with Gasteiger partial charge in [0.1, 0.15) is 12.4 Å². The molecule has 0 spiro atoms. The Bertz CT molecular complexity index is 1040. The molecule has 2 aromatic carbocycles. The van der Waals surface area contributed by atoms with Gasteiger partial charge in [-0.3, -0.25) is 0 Å². The summed E-state index contributed by atoms with van der Waals surface area (Å²) < 4.78 is 16.5. The Labute approximate surface area is 201 Å². The molecule has 34 heavy (non-hydrogen) atoms. The molecule has 0 aliphatic carbocycles. The Balaban J connectivity index is 1.35. The number of carboxylic acid groups (broad SMARTS) is 1. The molecular formula is C27H34N2O5. The molecular weight excluding hydrogens is 432 g/mol. The number of anilines is 1. The second kappa shape index (κ2) is 13.5. The zero-order valence-corrected chi connectivity index (χ0v) is 20.0. The van der Waals surface area contributed by atoms with Crippen molar-refractivity contribution < 1.29 is 24.1 Å². The van der Waals surface area contributed by atoms with E-state index in [1.807, 2.05) is 38.4 Å². The molecule has 182 valence electrons. The lowest BCUT2D eigenvalue weighted by Crippen LogP contribution is -2.08. The fourth-order valence-corrected chi connectivity index (χ4v) is 3.48. The molecule has 0 atom stereocenters. The summed E-state index contributed by atoms with van der Waals surface area (Å²) in [5.74, 6) is -0.0965. The highest BCUT2D eigenvalue weighted by Crippen LogP contribution is 2.25. The largest absolute Gasteiger partial charge is 0.493 e. The zero-order valence-electron chi connectivity index (χ0n) is 20.0. The summed E-state index contributed by atoms with van der Waals surface area (Å²) >= 11 is 0. The lowest BCUT2D eigenvalue weighted by atomic mass is 10.1. The van der Waals surface area contributed by atoms with E-state index in [9.17, 15) is 4.79 Å². The number of fused-ring (bicyclic) bond motifs is 1. The molecule has 3 aromatic rings. The van der Waals surface area contributed by atoms with Crippen LogP contribution in [0.3, 0.4) is 0 Å². The SMILES string of the molecule is CN(C)c1ccc(-c2ccc3cc(OCCCOCCCCCOCC(=O)O)ccc3n2)cc1. The van der Waals surface area contributed by atoms with E-state index >= 15 is 0 Å². The van der Waals surface area contributed by atoms with Crippen molar-refractivity contribution in [1.29, 1.82) is 0 Å². The van der Waals surface area contributed by atoms with E-state index in [2.05, 4.69) is 35.2 Å². The number of hydrogen-bond donors (Lipinski definition) is 1. The number of carbonyl (C=O) groups is 1. The van der Waals surface area contributed by atoms with Gasteiger partial charge in [-0.1, -0.05) is 18.2 Å². The average molecular weight is 467 g/mol. The van der Waals surface area contributed by atoms with Crippen LogP contribution in [0.1, 0.15) is 25.7 Å². The van der Waals surface area contributed by atoms with Crippen molar-refractivity contribution >= 4 is 22.6 Å². The molecule has 0 unspecified atom stereocenters. The van der Waals surface area contributed by atoms with Gasteiger partial charge < -0.3 is 24.2 Å². The average Bonchev–Trinajstić information content (AvgIpc) is 2.84. The van der Waals surface area contributed by atoms with E-state index < -0.39 is 5.97 Å². The van der Waals surface area contributed by atoms with Crippen LogP contribution in [0.5, 0.6) is 5.75 Å². The number of ether oxygens (including phenoxy) is 3. The quantitative estimate of drug-likeness (QED) is 0.315. The highest BCUT2D eigenvalue weighted by molar-refractivity contribution is 5.83. The number of carboxylic acids is 1. The van der Waals surface area contributed by atoms with Gasteiger partial charge >= 0.3 is 5.97 Å². The Morgan fingerprint density at radius 2 is 1.59 bits per heavy atom. The van der Waals surface area contributed by atoms with E-state index in [-0.39, 0.29) is 6.61 Å². The van der Waals surface area contributed by atoms with Gasteiger partial charge in [0.25, 0.3) is 0 Å². The minimum Gasteiger partial charge on any atom is -0.493 e. The number of nitrogens with zero attached hydrogens (tertiary/aromatic N) is 2. The topological polar surface area (TPSA) is 81.1 Å². The standard InChI is InChI=1S/C27H34N2O5/c1-29(2)23-10-7-21(8-11-23)25-13-9-22-19-24(12-14-26(22)28-25)34-18-6-17-32-15-4-3-5-16-33-20-27(30)31/h7-14,19H,3-6,15-18,20H2,1-2H3,(H,30,31). The zero-order chi connectivity index (χ0) is 24.2. The maximum absolute atomic E-state index is 10.3. The van der Waals surface area contributed by atoms with Crippen molar-refractivity contribution in [2.75, 3.05) is 52.0 Å². The van der Waals surface area contributed by atoms with Gasteiger partial charge in [-0.25, -0.2) is 9.78 Å². The van der Waals surface area contributed by atoms with Crippen LogP contribution < -0.4 is 9.64 Å². The molecule has 1 aromatic heterocycles. The molecule has 0 radical (unpaired) electrons. The van der Waals surface area contributed by atoms with Gasteiger partial charge in [-0.05, 0) is 55.7 Å². The first-order valence-corrected chi connectivity index (χ1v) is 11.7. The van der Waals surface area contributed by atoms with Crippen molar-refractivity contribution in [3.63, 3.8) is 0 Å². The van der Waals surface area contributed by atoms with Crippen LogP contribution in [0.15, 0.2) is 54.6 Å². The van der Waals surface area contributed by atoms with Gasteiger partial charge in [0, 0.05) is 57.0 Å². The summed E-state index contributed by atoms with van der Waals surface area (Å²) in [5, 5.41) is 9.54. The summed E-state index contributed by atoms with van der Waals surface area (Å²) in [7, 11) is 4.06. The number of rotatable bonds is 15. The molecule has 0 aliphatic heterocycles. The second-order valence-electron chi connectivity index (χ2n) is 8.31. The van der Waals surface area contributed by atoms with Gasteiger partial charge in [-0.15, -0.1) is 0 Å². The first kappa shape index (κ1) is 25.5. The van der Waals surface area contributed by atoms with Gasteiger partial charge in [0.15, 0.2) is 0 Å². The molecule has 0 bridgehead atoms. The van der Waals surface area contributed by atoms with Crippen LogP contribution in [0.2, 0.25) is 0 Å². The summed E-state index contributed by atoms with van der Waals surface area (Å²) in [4.78, 5) is 17.2. The third-order valence-electron chi connectivity index (χ3n) is 5.34. The first-order chi connectivity index (χ1) is 16.5. The van der Waals surface area contributed by atoms with E-state index in [0.717, 1.165) is 59.3 Å². The maximum atomic E-state index is 10.3. The van der Waals surface area contributed by atoms with E-state index in [1.165, 1.54) is 0 Å². The highest BCUT2D eigenvalue weighted by atomic mass is 16.5. The van der Waals surface area contributed by atoms with E-state index in [0.29, 0.717) is 26.4 Å². The molecule has 1 heterocycles. The molecule has 0 amide bonds. The smallest absolute Gasteiger partial charge is 0.329 e. The summed E-state index contributed by atoms with van der Waals surface area (Å²) in [6.45, 7) is 2.20. The third-order valence-corrected chi connectivity index (χ3v) is 5.34. The van der Waals surface area contributed by atoms with Gasteiger partial charge in [-0.2, -0.15) is 0 Å². The fraction of sp³-hybridized carbons (Fsp3) is 0.407. The number of aliphatic carboxylic acids is 1. The van der Waals surface area contributed by atoms with Crippen molar-refractivity contribution in [2.24, 2.45) is 0 Å². The monoisotopic (exact) mass is 466 g/mol. The van der Waals surface area contributed by atoms with Crippen LogP contribution in [0.4, 0.5) is 5.69 Å². The van der Waals surface area contributed by atoms with Crippen LogP contribution in [0.25, 0.3) is 22.2 Å². The van der Waals surface area contributed by atoms with Crippen LogP contribution in [-0.2, 0) is 14.3 Å². The molecule has 0 aliphatic rings. The van der Waals surface area contributed by atoms with Crippen molar-refractivity contribution in [3.8, 4) is 17.0 Å². The highest BCUT2D eigenvalue weighted by Gasteiger charge is 2.05. The maximum Gasteiger partial charge on any atom is 0.329 e. The molecule has 0 saturated heterocycles. The summed E-state index contributed by atoms with van der Waals surface area (Å²) in [6.07, 6.45) is 3.57. The Morgan fingerprint density at radius 3 is 2.32 bits per heavy atom. The number of unbranched alkanes of at least 4 members (excludes halogenated alkanes) is 2. The van der Waals surface area contributed by atoms with Crippen molar-refractivity contribution in [3.05, 3.63) is 54.6 Å². The van der Waals surface area contributed by atoms with E-state index in [1.54, 1.807) is 0 Å². The van der Waals surface area contributed by atoms with Gasteiger partial charge in [0.05, 0.1) is 17.8 Å². The molecule has 7 heteroatoms. The Morgan fingerprint density at radius 1 is 0.853 bits per heavy atom. The van der Waals surface area contributed by atoms with Gasteiger partial charge in [0.2, 0.25) is 0 Å². The molecule has 0 fully saturated rings. The lowest BCUT2D eigenvalue weighted by molar-refractivity contribution is -0.142. The molecule has 7 nitrogen and oxygen atoms in total. The molecule has 3 rings (SSSR count). The van der Waals surface area contributed by atoms with Crippen LogP contribution in [0, 0.1) is 0 Å². The minimum absolute atomic E-state index is 0.225. The number of hydrogen-bond acceptors (Lipinski definition) is 6. The minimum atomic E-state index is -0.929. The summed E-state index contributed by atoms with van der Waals surface area (Å²) in [5.41, 5.74) is 4.16. The van der Waals surface area contributed by atoms with E-state index in [4.69, 9.17) is 24.3 Å². The van der Waals surface area contributed by atoms with Crippen LogP contribution >= 0.6 is 0 Å². The molecule has 0 saturated carbocycles. The lowest BCUT2D eigenvalue weighted by Gasteiger charge is -2.12.